The monoisotopic (exact) mass is 219 g/mol. The molecule has 0 aliphatic heterocycles. The Morgan fingerprint density at radius 1 is 1.36 bits per heavy atom. The van der Waals surface area contributed by atoms with Crippen LogP contribution >= 0.6 is 15.9 Å². The molecule has 4 nitrogen and oxygen atoms in total. The molecule has 0 aliphatic rings. The molecular formula is C5H7BBrNO3. The second-order valence-corrected chi connectivity index (χ2v) is 2.43. The van der Waals surface area contributed by atoms with Gasteiger partial charge in [0.15, 0.2) is 0 Å². The summed E-state index contributed by atoms with van der Waals surface area (Å²) in [6.45, 7) is 0. The molecule has 0 unspecified atom stereocenters. The van der Waals surface area contributed by atoms with E-state index in [0.29, 0.717) is 0 Å². The number of nitrogens with zero attached hydrogens (tertiary/aromatic N) is 1. The molecule has 1 aromatic rings. The van der Waals surface area contributed by atoms with Gasteiger partial charge in [-0.15, -0.1) is 0 Å². The van der Waals surface area contributed by atoms with Gasteiger partial charge in [-0.2, -0.15) is 0 Å². The first-order valence-electron chi connectivity index (χ1n) is 2.72. The van der Waals surface area contributed by atoms with Crippen LogP contribution in [0.5, 0.6) is 0 Å². The van der Waals surface area contributed by atoms with Crippen molar-refractivity contribution in [2.24, 2.45) is 0 Å². The lowest BCUT2D eigenvalue weighted by molar-refractivity contribution is 0.278. The third kappa shape index (κ3) is 9.57. The van der Waals surface area contributed by atoms with Gasteiger partial charge in [-0.05, 0) is 28.1 Å². The smallest absolute Gasteiger partial charge is 0.402 e. The van der Waals surface area contributed by atoms with Crippen LogP contribution in [0.15, 0.2) is 29.0 Å². The van der Waals surface area contributed by atoms with Crippen molar-refractivity contribution in [3.05, 3.63) is 29.0 Å². The summed E-state index contributed by atoms with van der Waals surface area (Å²) in [6, 6.07) is 3.82. The minimum absolute atomic E-state index is 1.02. The normalized spacial score (nSPS) is 8.00. The van der Waals surface area contributed by atoms with Crippen LogP contribution in [0, 0.1) is 0 Å². The topological polar surface area (TPSA) is 73.6 Å². The van der Waals surface area contributed by atoms with E-state index in [4.69, 9.17) is 15.1 Å². The number of hydrogen-bond acceptors (Lipinski definition) is 4. The molecule has 1 rings (SSSR count). The average molecular weight is 220 g/mol. The third-order valence-electron chi connectivity index (χ3n) is 0.625. The molecule has 1 heterocycles. The van der Waals surface area contributed by atoms with E-state index >= 15 is 0 Å². The van der Waals surface area contributed by atoms with Crippen LogP contribution in [-0.2, 0) is 0 Å². The lowest BCUT2D eigenvalue weighted by Gasteiger charge is -1.80. The van der Waals surface area contributed by atoms with Crippen LogP contribution in [0.25, 0.3) is 0 Å². The number of halogens is 1. The first-order chi connectivity index (χ1) is 5.13. The van der Waals surface area contributed by atoms with Crippen molar-refractivity contribution >= 4 is 23.3 Å². The standard InChI is InChI=1S/C5H4BrN.BH3O3/c6-5-2-1-3-7-4-5;2-1(3)4/h1-4H;2-4H. The van der Waals surface area contributed by atoms with Gasteiger partial charge in [0.2, 0.25) is 0 Å². The molecule has 0 saturated heterocycles. The Kier molecular flexibility index (Phi) is 6.05. The quantitative estimate of drug-likeness (QED) is 0.529. The van der Waals surface area contributed by atoms with E-state index in [1.807, 2.05) is 12.1 Å². The Labute approximate surface area is 72.8 Å². The molecule has 0 atom stereocenters. The van der Waals surface area contributed by atoms with E-state index in [-0.39, 0.29) is 0 Å². The molecule has 60 valence electrons. The summed E-state index contributed by atoms with van der Waals surface area (Å²) < 4.78 is 1.02. The van der Waals surface area contributed by atoms with Crippen molar-refractivity contribution < 1.29 is 15.1 Å². The van der Waals surface area contributed by atoms with Gasteiger partial charge in [0, 0.05) is 16.9 Å². The summed E-state index contributed by atoms with van der Waals surface area (Å²) in [5.74, 6) is 0. The first kappa shape index (κ1) is 10.6. The fourth-order valence-corrected chi connectivity index (χ4v) is 0.613. The molecule has 6 heteroatoms. The highest BCUT2D eigenvalue weighted by Gasteiger charge is 1.92. The summed E-state index contributed by atoms with van der Waals surface area (Å²) in [4.78, 5) is 3.84. The van der Waals surface area contributed by atoms with E-state index < -0.39 is 7.32 Å². The van der Waals surface area contributed by atoms with Crippen molar-refractivity contribution in [1.29, 1.82) is 0 Å². The van der Waals surface area contributed by atoms with E-state index in [1.54, 1.807) is 12.4 Å². The van der Waals surface area contributed by atoms with Gasteiger partial charge in [-0.1, -0.05) is 0 Å². The van der Waals surface area contributed by atoms with E-state index in [0.717, 1.165) is 4.47 Å². The van der Waals surface area contributed by atoms with E-state index in [9.17, 15) is 0 Å². The van der Waals surface area contributed by atoms with Crippen LogP contribution in [0.1, 0.15) is 0 Å². The third-order valence-corrected chi connectivity index (χ3v) is 1.09. The largest absolute Gasteiger partial charge is 0.631 e. The van der Waals surface area contributed by atoms with Crippen LogP contribution in [0.4, 0.5) is 0 Å². The average Bonchev–Trinajstić information content (AvgIpc) is 1.87. The molecule has 0 fully saturated rings. The highest BCUT2D eigenvalue weighted by Crippen LogP contribution is 2.02. The molecular weight excluding hydrogens is 213 g/mol. The number of hydrogen-bond donors (Lipinski definition) is 3. The van der Waals surface area contributed by atoms with Crippen molar-refractivity contribution in [2.45, 2.75) is 0 Å². The summed E-state index contributed by atoms with van der Waals surface area (Å²) >= 11 is 3.25. The zero-order chi connectivity index (χ0) is 8.69. The van der Waals surface area contributed by atoms with Gasteiger partial charge < -0.3 is 15.1 Å². The molecule has 0 saturated carbocycles. The maximum atomic E-state index is 7.17. The molecule has 0 aliphatic carbocycles. The molecule has 0 bridgehead atoms. The van der Waals surface area contributed by atoms with Crippen LogP contribution < -0.4 is 0 Å². The van der Waals surface area contributed by atoms with Gasteiger partial charge in [0.1, 0.15) is 0 Å². The molecule has 11 heavy (non-hydrogen) atoms. The first-order valence-corrected chi connectivity index (χ1v) is 3.52. The highest BCUT2D eigenvalue weighted by molar-refractivity contribution is 9.10. The molecule has 0 amide bonds. The predicted octanol–water partition coefficient (Wildman–Crippen LogP) is -0.208. The Balaban J connectivity index is 0.000000218. The maximum absolute atomic E-state index is 7.17. The number of aromatic nitrogens is 1. The predicted molar refractivity (Wildman–Crippen MR) is 44.3 cm³/mol. The second-order valence-electron chi connectivity index (χ2n) is 1.52. The van der Waals surface area contributed by atoms with Gasteiger partial charge in [-0.25, -0.2) is 0 Å². The lowest BCUT2D eigenvalue weighted by atomic mass is 10.3. The van der Waals surface area contributed by atoms with Crippen LogP contribution in [-0.4, -0.2) is 27.4 Å². The SMILES string of the molecule is Brc1cccnc1.OB(O)O. The van der Waals surface area contributed by atoms with Crippen molar-refractivity contribution in [3.63, 3.8) is 0 Å². The minimum atomic E-state index is -2.17. The van der Waals surface area contributed by atoms with Crippen molar-refractivity contribution in [3.8, 4) is 0 Å². The molecule has 1 aromatic heterocycles. The fraction of sp³-hybridized carbons (Fsp3) is 0. The van der Waals surface area contributed by atoms with Crippen LogP contribution in [0.2, 0.25) is 0 Å². The number of rotatable bonds is 0. The molecule has 0 spiro atoms. The van der Waals surface area contributed by atoms with E-state index in [2.05, 4.69) is 20.9 Å². The molecule has 0 radical (unpaired) electrons. The Hall–Kier alpha value is -0.425. The van der Waals surface area contributed by atoms with Gasteiger partial charge >= 0.3 is 7.32 Å². The van der Waals surface area contributed by atoms with Gasteiger partial charge in [0.05, 0.1) is 0 Å². The second kappa shape index (κ2) is 6.30. The van der Waals surface area contributed by atoms with Crippen molar-refractivity contribution in [2.75, 3.05) is 0 Å². The molecule has 3 N–H and O–H groups in total. The number of pyridine rings is 1. The Bertz CT molecular complexity index is 182. The summed E-state index contributed by atoms with van der Waals surface area (Å²) in [5.41, 5.74) is 0. The maximum Gasteiger partial charge on any atom is 0.631 e. The van der Waals surface area contributed by atoms with Gasteiger partial charge in [-0.3, -0.25) is 4.98 Å². The van der Waals surface area contributed by atoms with Crippen molar-refractivity contribution in [1.82, 2.24) is 4.98 Å². The zero-order valence-corrected chi connectivity index (χ0v) is 7.14. The zero-order valence-electron chi connectivity index (χ0n) is 5.55. The highest BCUT2D eigenvalue weighted by atomic mass is 79.9. The lowest BCUT2D eigenvalue weighted by Crippen LogP contribution is -2.07. The summed E-state index contributed by atoms with van der Waals surface area (Å²) in [7, 11) is -2.17. The summed E-state index contributed by atoms with van der Waals surface area (Å²) in [5, 5.41) is 21.5. The van der Waals surface area contributed by atoms with Crippen LogP contribution in [0.3, 0.4) is 0 Å². The van der Waals surface area contributed by atoms with Gasteiger partial charge in [0.25, 0.3) is 0 Å². The minimum Gasteiger partial charge on any atom is -0.402 e. The Morgan fingerprint density at radius 2 is 1.91 bits per heavy atom. The molecule has 0 aromatic carbocycles. The summed E-state index contributed by atoms with van der Waals surface area (Å²) in [6.07, 6.45) is 3.49. The van der Waals surface area contributed by atoms with E-state index in [1.165, 1.54) is 0 Å². The fourth-order valence-electron chi connectivity index (χ4n) is 0.342. The Morgan fingerprint density at radius 3 is 2.09 bits per heavy atom.